The van der Waals surface area contributed by atoms with E-state index in [1.54, 1.807) is 0 Å². The van der Waals surface area contributed by atoms with E-state index in [-0.39, 0.29) is 0 Å². The Balaban J connectivity index is 2.04. The first-order valence-electron chi connectivity index (χ1n) is 6.78. The van der Waals surface area contributed by atoms with Gasteiger partial charge in [-0.1, -0.05) is 26.0 Å². The smallest absolute Gasteiger partial charge is 0.416 e. The molecule has 0 bridgehead atoms. The Kier molecular flexibility index (Phi) is 4.56. The van der Waals surface area contributed by atoms with Crippen molar-refractivity contribution >= 4 is 0 Å². The number of alkyl halides is 3. The van der Waals surface area contributed by atoms with Crippen LogP contribution in [-0.2, 0) is 12.6 Å². The summed E-state index contributed by atoms with van der Waals surface area (Å²) in [5, 5.41) is 0. The van der Waals surface area contributed by atoms with Crippen molar-refractivity contribution in [3.05, 3.63) is 59.7 Å². The maximum Gasteiger partial charge on any atom is 0.416 e. The largest absolute Gasteiger partial charge is 0.457 e. The summed E-state index contributed by atoms with van der Waals surface area (Å²) in [6.07, 6.45) is -3.34. The number of hydrogen-bond donors (Lipinski definition) is 0. The van der Waals surface area contributed by atoms with Gasteiger partial charge in [-0.05, 0) is 54.3 Å². The molecule has 0 spiro atoms. The van der Waals surface area contributed by atoms with Gasteiger partial charge in [0.25, 0.3) is 0 Å². The van der Waals surface area contributed by atoms with Crippen molar-refractivity contribution in [1.82, 2.24) is 0 Å². The predicted molar refractivity (Wildman–Crippen MR) is 76.5 cm³/mol. The summed E-state index contributed by atoms with van der Waals surface area (Å²) in [7, 11) is 0. The second kappa shape index (κ2) is 6.20. The molecule has 0 atom stereocenters. The van der Waals surface area contributed by atoms with Crippen LogP contribution in [0.3, 0.4) is 0 Å². The van der Waals surface area contributed by atoms with Crippen LogP contribution in [0.5, 0.6) is 11.5 Å². The highest BCUT2D eigenvalue weighted by Gasteiger charge is 2.30. The molecular formula is C17H17F3O. The van der Waals surface area contributed by atoms with E-state index in [0.29, 0.717) is 17.4 Å². The first-order chi connectivity index (χ1) is 9.84. The van der Waals surface area contributed by atoms with Gasteiger partial charge in [-0.15, -0.1) is 0 Å². The Morgan fingerprint density at radius 3 is 1.76 bits per heavy atom. The molecule has 0 radical (unpaired) electrons. The average molecular weight is 294 g/mol. The van der Waals surface area contributed by atoms with E-state index in [1.165, 1.54) is 17.7 Å². The minimum absolute atomic E-state index is 0.389. The number of ether oxygens (including phenoxy) is 1. The van der Waals surface area contributed by atoms with E-state index in [0.717, 1.165) is 18.6 Å². The zero-order valence-electron chi connectivity index (χ0n) is 11.9. The molecule has 0 amide bonds. The summed E-state index contributed by atoms with van der Waals surface area (Å²) in [6.45, 7) is 4.29. The van der Waals surface area contributed by atoms with E-state index in [9.17, 15) is 13.2 Å². The summed E-state index contributed by atoms with van der Waals surface area (Å²) in [6, 6.07) is 12.3. The van der Waals surface area contributed by atoms with Gasteiger partial charge < -0.3 is 4.74 Å². The van der Waals surface area contributed by atoms with E-state index < -0.39 is 11.7 Å². The second-order valence-corrected chi connectivity index (χ2v) is 5.37. The zero-order valence-corrected chi connectivity index (χ0v) is 11.9. The molecule has 2 rings (SSSR count). The van der Waals surface area contributed by atoms with E-state index in [2.05, 4.69) is 13.8 Å². The summed E-state index contributed by atoms with van der Waals surface area (Å²) in [4.78, 5) is 0. The highest BCUT2D eigenvalue weighted by atomic mass is 19.4. The van der Waals surface area contributed by atoms with Crippen LogP contribution in [0.1, 0.15) is 25.0 Å². The lowest BCUT2D eigenvalue weighted by atomic mass is 10.0. The summed E-state index contributed by atoms with van der Waals surface area (Å²) < 4.78 is 42.9. The molecule has 4 heteroatoms. The van der Waals surface area contributed by atoms with Crippen molar-refractivity contribution in [3.8, 4) is 11.5 Å². The molecular weight excluding hydrogens is 277 g/mol. The quantitative estimate of drug-likeness (QED) is 0.703. The first kappa shape index (κ1) is 15.4. The normalized spacial score (nSPS) is 11.7. The van der Waals surface area contributed by atoms with Crippen LogP contribution in [0, 0.1) is 5.92 Å². The van der Waals surface area contributed by atoms with Crippen molar-refractivity contribution < 1.29 is 17.9 Å². The molecule has 0 aliphatic rings. The number of halogens is 3. The van der Waals surface area contributed by atoms with Crippen molar-refractivity contribution in [2.24, 2.45) is 5.92 Å². The molecule has 0 saturated carbocycles. The van der Waals surface area contributed by atoms with Gasteiger partial charge in [0.05, 0.1) is 5.56 Å². The molecule has 0 aromatic heterocycles. The van der Waals surface area contributed by atoms with Crippen LogP contribution in [0.25, 0.3) is 0 Å². The van der Waals surface area contributed by atoms with E-state index in [4.69, 9.17) is 4.74 Å². The standard InChI is InChI=1S/C17H17F3O/c1-12(2)11-13-3-7-15(8-4-13)21-16-9-5-14(6-10-16)17(18,19)20/h3-10,12H,11H2,1-2H3. The van der Waals surface area contributed by atoms with Crippen molar-refractivity contribution in [2.45, 2.75) is 26.4 Å². The Morgan fingerprint density at radius 2 is 1.33 bits per heavy atom. The third kappa shape index (κ3) is 4.52. The fraction of sp³-hybridized carbons (Fsp3) is 0.294. The van der Waals surface area contributed by atoms with Gasteiger partial charge in [0.15, 0.2) is 0 Å². The van der Waals surface area contributed by atoms with Crippen LogP contribution < -0.4 is 4.74 Å². The fourth-order valence-corrected chi connectivity index (χ4v) is 2.01. The van der Waals surface area contributed by atoms with Gasteiger partial charge in [-0.3, -0.25) is 0 Å². The molecule has 0 unspecified atom stereocenters. The number of hydrogen-bond acceptors (Lipinski definition) is 1. The van der Waals surface area contributed by atoms with Gasteiger partial charge >= 0.3 is 6.18 Å². The van der Waals surface area contributed by atoms with Crippen molar-refractivity contribution in [1.29, 1.82) is 0 Å². The topological polar surface area (TPSA) is 9.23 Å². The predicted octanol–water partition coefficient (Wildman–Crippen LogP) is 5.70. The summed E-state index contributed by atoms with van der Waals surface area (Å²) in [5.74, 6) is 1.58. The van der Waals surface area contributed by atoms with Crippen LogP contribution in [0.4, 0.5) is 13.2 Å². The Bertz CT molecular complexity index is 568. The maximum absolute atomic E-state index is 12.5. The molecule has 1 nitrogen and oxygen atoms in total. The van der Waals surface area contributed by atoms with E-state index >= 15 is 0 Å². The summed E-state index contributed by atoms with van der Waals surface area (Å²) >= 11 is 0. The van der Waals surface area contributed by atoms with E-state index in [1.807, 2.05) is 24.3 Å². The molecule has 0 aliphatic carbocycles. The van der Waals surface area contributed by atoms with Gasteiger partial charge in [-0.2, -0.15) is 13.2 Å². The molecule has 112 valence electrons. The Morgan fingerprint density at radius 1 is 0.857 bits per heavy atom. The third-order valence-corrected chi connectivity index (χ3v) is 2.98. The minimum Gasteiger partial charge on any atom is -0.457 e. The maximum atomic E-state index is 12.5. The van der Waals surface area contributed by atoms with Gasteiger partial charge in [0, 0.05) is 0 Å². The monoisotopic (exact) mass is 294 g/mol. The van der Waals surface area contributed by atoms with Crippen LogP contribution in [0.15, 0.2) is 48.5 Å². The Labute approximate surface area is 122 Å². The molecule has 21 heavy (non-hydrogen) atoms. The first-order valence-corrected chi connectivity index (χ1v) is 6.78. The van der Waals surface area contributed by atoms with Gasteiger partial charge in [0.2, 0.25) is 0 Å². The van der Waals surface area contributed by atoms with Crippen molar-refractivity contribution in [3.63, 3.8) is 0 Å². The molecule has 0 heterocycles. The summed E-state index contributed by atoms with van der Waals surface area (Å²) in [5.41, 5.74) is 0.534. The molecule has 0 aliphatic heterocycles. The van der Waals surface area contributed by atoms with Crippen LogP contribution >= 0.6 is 0 Å². The second-order valence-electron chi connectivity index (χ2n) is 5.37. The fourth-order valence-electron chi connectivity index (χ4n) is 2.01. The average Bonchev–Trinajstić information content (AvgIpc) is 2.40. The highest BCUT2D eigenvalue weighted by molar-refractivity contribution is 5.35. The molecule has 2 aromatic rings. The van der Waals surface area contributed by atoms with Crippen molar-refractivity contribution in [2.75, 3.05) is 0 Å². The number of rotatable bonds is 4. The lowest BCUT2D eigenvalue weighted by Gasteiger charge is -2.10. The highest BCUT2D eigenvalue weighted by Crippen LogP contribution is 2.31. The van der Waals surface area contributed by atoms with Gasteiger partial charge in [0.1, 0.15) is 11.5 Å². The molecule has 0 fully saturated rings. The molecule has 0 N–H and O–H groups in total. The third-order valence-electron chi connectivity index (χ3n) is 2.98. The minimum atomic E-state index is -4.32. The Hall–Kier alpha value is -1.97. The van der Waals surface area contributed by atoms with Crippen LogP contribution in [0.2, 0.25) is 0 Å². The zero-order chi connectivity index (χ0) is 15.5. The SMILES string of the molecule is CC(C)Cc1ccc(Oc2ccc(C(F)(F)F)cc2)cc1. The van der Waals surface area contributed by atoms with Gasteiger partial charge in [-0.25, -0.2) is 0 Å². The number of benzene rings is 2. The lowest BCUT2D eigenvalue weighted by molar-refractivity contribution is -0.137. The van der Waals surface area contributed by atoms with Crippen LogP contribution in [-0.4, -0.2) is 0 Å². The molecule has 2 aromatic carbocycles. The molecule has 0 saturated heterocycles. The lowest BCUT2D eigenvalue weighted by Crippen LogP contribution is -2.03.